The van der Waals surface area contributed by atoms with Crippen molar-refractivity contribution in [3.8, 4) is 0 Å². The van der Waals surface area contributed by atoms with Crippen LogP contribution in [0.2, 0.25) is 0 Å². The van der Waals surface area contributed by atoms with E-state index in [1.807, 2.05) is 24.3 Å². The fraction of sp³-hybridized carbons (Fsp3) is 0.400. The highest BCUT2D eigenvalue weighted by Crippen LogP contribution is 2.53. The Bertz CT molecular complexity index is 1040. The summed E-state index contributed by atoms with van der Waals surface area (Å²) in [4.78, 5) is 56.1. The summed E-state index contributed by atoms with van der Waals surface area (Å²) in [5.41, 5.74) is 2.53. The van der Waals surface area contributed by atoms with Crippen LogP contribution in [0.25, 0.3) is 10.9 Å². The maximum atomic E-state index is 12.8. The van der Waals surface area contributed by atoms with Gasteiger partial charge in [0.05, 0.1) is 17.8 Å². The fourth-order valence-corrected chi connectivity index (χ4v) is 5.11. The first-order valence-electron chi connectivity index (χ1n) is 9.12. The van der Waals surface area contributed by atoms with Crippen LogP contribution in [0.3, 0.4) is 0 Å². The third-order valence-corrected chi connectivity index (χ3v) is 6.52. The van der Waals surface area contributed by atoms with Gasteiger partial charge < -0.3 is 4.98 Å². The van der Waals surface area contributed by atoms with E-state index in [0.717, 1.165) is 22.2 Å². The molecule has 2 fully saturated rings. The lowest BCUT2D eigenvalue weighted by Crippen LogP contribution is -2.33. The summed E-state index contributed by atoms with van der Waals surface area (Å²) in [7, 11) is 3.02. The summed E-state index contributed by atoms with van der Waals surface area (Å²) in [6, 6.07) is 7.67. The molecule has 1 aliphatic carbocycles. The lowest BCUT2D eigenvalue weighted by Gasteiger charge is -2.32. The van der Waals surface area contributed by atoms with Crippen LogP contribution in [0.1, 0.15) is 35.9 Å². The molecule has 5 rings (SSSR count). The van der Waals surface area contributed by atoms with Gasteiger partial charge in [0, 0.05) is 43.0 Å². The van der Waals surface area contributed by atoms with Gasteiger partial charge in [-0.2, -0.15) is 0 Å². The Balaban J connectivity index is 1.72. The topological polar surface area (TPSA) is 90.6 Å². The Morgan fingerprint density at radius 1 is 0.889 bits per heavy atom. The molecule has 0 radical (unpaired) electrons. The zero-order valence-electron chi connectivity index (χ0n) is 15.1. The Kier molecular flexibility index (Phi) is 3.17. The Morgan fingerprint density at radius 3 is 2.30 bits per heavy atom. The van der Waals surface area contributed by atoms with Crippen molar-refractivity contribution in [3.05, 3.63) is 35.5 Å². The van der Waals surface area contributed by atoms with Crippen LogP contribution in [0.4, 0.5) is 0 Å². The van der Waals surface area contributed by atoms with Crippen LogP contribution in [-0.4, -0.2) is 52.5 Å². The summed E-state index contributed by atoms with van der Waals surface area (Å²) < 4.78 is 0. The average Bonchev–Trinajstić information content (AvgIpc) is 3.24. The highest BCUT2D eigenvalue weighted by molar-refractivity contribution is 6.10. The maximum Gasteiger partial charge on any atom is 0.237 e. The van der Waals surface area contributed by atoms with Crippen molar-refractivity contribution in [1.29, 1.82) is 0 Å². The van der Waals surface area contributed by atoms with Gasteiger partial charge in [0.25, 0.3) is 0 Å². The minimum Gasteiger partial charge on any atom is -0.358 e. The van der Waals surface area contributed by atoms with Crippen LogP contribution in [0.15, 0.2) is 24.3 Å². The molecule has 27 heavy (non-hydrogen) atoms. The number of rotatable bonds is 1. The van der Waals surface area contributed by atoms with E-state index < -0.39 is 17.8 Å². The van der Waals surface area contributed by atoms with Gasteiger partial charge in [-0.1, -0.05) is 18.2 Å². The number of para-hydroxylation sites is 1. The molecule has 7 nitrogen and oxygen atoms in total. The number of H-pyrrole nitrogens is 1. The van der Waals surface area contributed by atoms with E-state index in [4.69, 9.17) is 0 Å². The van der Waals surface area contributed by atoms with E-state index in [1.165, 1.54) is 23.9 Å². The van der Waals surface area contributed by atoms with Crippen LogP contribution >= 0.6 is 0 Å². The van der Waals surface area contributed by atoms with Gasteiger partial charge in [0.1, 0.15) is 0 Å². The Morgan fingerprint density at radius 2 is 1.59 bits per heavy atom. The van der Waals surface area contributed by atoms with E-state index in [1.54, 1.807) is 0 Å². The smallest absolute Gasteiger partial charge is 0.237 e. The number of hydrogen-bond acceptors (Lipinski definition) is 4. The van der Waals surface area contributed by atoms with Crippen molar-refractivity contribution in [3.63, 3.8) is 0 Å². The van der Waals surface area contributed by atoms with E-state index in [-0.39, 0.29) is 36.0 Å². The zero-order chi connectivity index (χ0) is 19.0. The van der Waals surface area contributed by atoms with E-state index in [2.05, 4.69) is 4.98 Å². The molecular weight excluding hydrogens is 346 g/mol. The van der Waals surface area contributed by atoms with Crippen molar-refractivity contribution >= 4 is 34.5 Å². The maximum absolute atomic E-state index is 12.8. The quantitative estimate of drug-likeness (QED) is 0.773. The van der Waals surface area contributed by atoms with Crippen LogP contribution in [-0.2, 0) is 19.2 Å². The number of likely N-dealkylation sites (tertiary alicyclic amines) is 2. The summed E-state index contributed by atoms with van der Waals surface area (Å²) in [5, 5.41) is 0.911. The molecule has 2 unspecified atom stereocenters. The number of nitrogens with one attached hydrogen (secondary N) is 1. The summed E-state index contributed by atoms with van der Waals surface area (Å²) in [5.74, 6) is -2.57. The second-order valence-corrected chi connectivity index (χ2v) is 7.76. The lowest BCUT2D eigenvalue weighted by molar-refractivity contribution is -0.140. The van der Waals surface area contributed by atoms with E-state index in [9.17, 15) is 19.2 Å². The normalized spacial score (nSPS) is 30.4. The molecule has 3 heterocycles. The molecule has 7 heteroatoms. The van der Waals surface area contributed by atoms with E-state index >= 15 is 0 Å². The summed E-state index contributed by atoms with van der Waals surface area (Å²) >= 11 is 0. The number of aromatic amines is 1. The first-order valence-corrected chi connectivity index (χ1v) is 9.12. The molecule has 4 amide bonds. The summed E-state index contributed by atoms with van der Waals surface area (Å²) in [6.45, 7) is 0. The van der Waals surface area contributed by atoms with Gasteiger partial charge in [-0.25, -0.2) is 0 Å². The van der Waals surface area contributed by atoms with Crippen molar-refractivity contribution in [2.75, 3.05) is 14.1 Å². The average molecular weight is 365 g/mol. The molecule has 1 aromatic carbocycles. The predicted molar refractivity (Wildman–Crippen MR) is 95.5 cm³/mol. The molecular formula is C20H19N3O4. The number of imide groups is 2. The Hall–Kier alpha value is -2.96. The van der Waals surface area contributed by atoms with Crippen molar-refractivity contribution in [2.24, 2.45) is 11.8 Å². The van der Waals surface area contributed by atoms with Crippen molar-refractivity contribution in [2.45, 2.75) is 24.7 Å². The van der Waals surface area contributed by atoms with Crippen LogP contribution in [0, 0.1) is 11.8 Å². The lowest BCUT2D eigenvalue weighted by atomic mass is 9.69. The van der Waals surface area contributed by atoms with Gasteiger partial charge in [-0.15, -0.1) is 0 Å². The van der Waals surface area contributed by atoms with Gasteiger partial charge >= 0.3 is 0 Å². The SMILES string of the molecule is CN1C(=O)CC(C2C[C@@H]3C(=O)N(C)C(=O)[C@@H]3c3c2[nH]c2ccccc32)C1=O. The van der Waals surface area contributed by atoms with Gasteiger partial charge in [-0.05, 0) is 18.1 Å². The molecule has 1 N–H and O–H groups in total. The highest BCUT2D eigenvalue weighted by Gasteiger charge is 2.55. The molecule has 2 aliphatic heterocycles. The number of carbonyl (C=O) groups is 4. The molecule has 0 saturated carbocycles. The van der Waals surface area contributed by atoms with Gasteiger partial charge in [0.15, 0.2) is 0 Å². The molecule has 0 bridgehead atoms. The Labute approximate surface area is 155 Å². The largest absolute Gasteiger partial charge is 0.358 e. The minimum absolute atomic E-state index is 0.143. The number of benzene rings is 1. The van der Waals surface area contributed by atoms with Crippen molar-refractivity contribution in [1.82, 2.24) is 14.8 Å². The predicted octanol–water partition coefficient (Wildman–Crippen LogP) is 1.36. The third-order valence-electron chi connectivity index (χ3n) is 6.52. The van der Waals surface area contributed by atoms with Crippen molar-refractivity contribution < 1.29 is 19.2 Å². The molecule has 138 valence electrons. The molecule has 2 saturated heterocycles. The standard InChI is InChI=1S/C20H19N3O4/c1-22-14(24)8-11(18(22)25)10-7-12-16(20(27)23(2)19(12)26)15-9-5-3-4-6-13(9)21-17(10)15/h3-6,10-12,16,21H,7-8H2,1-2H3/t10?,11?,12-,16-/m0/s1. The summed E-state index contributed by atoms with van der Waals surface area (Å²) in [6.07, 6.45) is 0.543. The number of aromatic nitrogens is 1. The second-order valence-electron chi connectivity index (χ2n) is 7.76. The zero-order valence-corrected chi connectivity index (χ0v) is 15.1. The molecule has 4 atom stereocenters. The second kappa shape index (κ2) is 5.28. The highest BCUT2D eigenvalue weighted by atomic mass is 16.2. The number of amides is 4. The minimum atomic E-state index is -0.519. The number of hydrogen-bond donors (Lipinski definition) is 1. The van der Waals surface area contributed by atoms with Gasteiger partial charge in [-0.3, -0.25) is 29.0 Å². The number of carbonyl (C=O) groups excluding carboxylic acids is 4. The molecule has 3 aliphatic rings. The van der Waals surface area contributed by atoms with E-state index in [0.29, 0.717) is 6.42 Å². The number of nitrogens with zero attached hydrogens (tertiary/aromatic N) is 2. The first-order chi connectivity index (χ1) is 12.9. The van der Waals surface area contributed by atoms with Crippen LogP contribution in [0.5, 0.6) is 0 Å². The number of likely N-dealkylation sites (N-methyl/N-ethyl adjacent to an activating group) is 1. The monoisotopic (exact) mass is 365 g/mol. The molecule has 0 spiro atoms. The molecule has 2 aromatic rings. The van der Waals surface area contributed by atoms with Crippen LogP contribution < -0.4 is 0 Å². The fourth-order valence-electron chi connectivity index (χ4n) is 5.11. The first kappa shape index (κ1) is 16.2. The third kappa shape index (κ3) is 1.97. The molecule has 1 aromatic heterocycles. The number of fused-ring (bicyclic) bond motifs is 5. The van der Waals surface area contributed by atoms with Gasteiger partial charge in [0.2, 0.25) is 23.6 Å².